The van der Waals surface area contributed by atoms with Crippen molar-refractivity contribution in [1.82, 2.24) is 15.3 Å². The van der Waals surface area contributed by atoms with Gasteiger partial charge in [0.1, 0.15) is 5.69 Å². The van der Waals surface area contributed by atoms with Crippen LogP contribution in [0.2, 0.25) is 0 Å². The second-order valence-electron chi connectivity index (χ2n) is 4.85. The standard InChI is InChI=1S/C15H27N3O2/c1-5-6-7-8-9-10-12(16-2)14-15(20-4)18-13(19-3)11-17-14/h11-12,16H,5-10H2,1-4H3. The van der Waals surface area contributed by atoms with Crippen LogP contribution in [0.5, 0.6) is 11.8 Å². The highest BCUT2D eigenvalue weighted by Crippen LogP contribution is 2.26. The Balaban J connectivity index is 2.64. The normalized spacial score (nSPS) is 12.2. The van der Waals surface area contributed by atoms with Gasteiger partial charge >= 0.3 is 0 Å². The van der Waals surface area contributed by atoms with E-state index in [9.17, 15) is 0 Å². The van der Waals surface area contributed by atoms with E-state index < -0.39 is 0 Å². The molecular formula is C15H27N3O2. The molecule has 1 unspecified atom stereocenters. The highest BCUT2D eigenvalue weighted by atomic mass is 16.5. The first kappa shape index (κ1) is 16.7. The van der Waals surface area contributed by atoms with Gasteiger partial charge in [-0.3, -0.25) is 0 Å². The molecule has 0 saturated carbocycles. The molecule has 0 aliphatic carbocycles. The predicted molar refractivity (Wildman–Crippen MR) is 80.3 cm³/mol. The Bertz CT molecular complexity index is 385. The fraction of sp³-hybridized carbons (Fsp3) is 0.733. The van der Waals surface area contributed by atoms with Crippen LogP contribution in [0.15, 0.2) is 6.20 Å². The first-order valence-corrected chi connectivity index (χ1v) is 7.39. The maximum Gasteiger partial charge on any atom is 0.240 e. The molecule has 0 amide bonds. The lowest BCUT2D eigenvalue weighted by Gasteiger charge is -2.17. The Morgan fingerprint density at radius 3 is 2.50 bits per heavy atom. The first-order chi connectivity index (χ1) is 9.76. The summed E-state index contributed by atoms with van der Waals surface area (Å²) in [5.41, 5.74) is 0.853. The van der Waals surface area contributed by atoms with Gasteiger partial charge in [0.25, 0.3) is 0 Å². The quantitative estimate of drug-likeness (QED) is 0.668. The zero-order valence-electron chi connectivity index (χ0n) is 13.1. The third kappa shape index (κ3) is 4.96. The van der Waals surface area contributed by atoms with E-state index in [1.807, 2.05) is 7.05 Å². The van der Waals surface area contributed by atoms with Gasteiger partial charge in [0.15, 0.2) is 0 Å². The van der Waals surface area contributed by atoms with Crippen molar-refractivity contribution in [1.29, 1.82) is 0 Å². The summed E-state index contributed by atoms with van der Waals surface area (Å²) in [6.45, 7) is 2.23. The second kappa shape index (κ2) is 9.53. The van der Waals surface area contributed by atoms with Crippen LogP contribution >= 0.6 is 0 Å². The van der Waals surface area contributed by atoms with Crippen LogP contribution in [-0.2, 0) is 0 Å². The number of rotatable bonds is 10. The maximum atomic E-state index is 5.32. The topological polar surface area (TPSA) is 56.3 Å². The van der Waals surface area contributed by atoms with E-state index in [1.165, 1.54) is 32.1 Å². The van der Waals surface area contributed by atoms with Crippen molar-refractivity contribution in [3.63, 3.8) is 0 Å². The second-order valence-corrected chi connectivity index (χ2v) is 4.85. The third-order valence-corrected chi connectivity index (χ3v) is 3.42. The Kier molecular flexibility index (Phi) is 7.95. The summed E-state index contributed by atoms with van der Waals surface area (Å²) in [5.74, 6) is 1.01. The van der Waals surface area contributed by atoms with Gasteiger partial charge in [0, 0.05) is 0 Å². The van der Waals surface area contributed by atoms with E-state index in [0.717, 1.165) is 12.1 Å². The van der Waals surface area contributed by atoms with E-state index in [1.54, 1.807) is 20.4 Å². The summed E-state index contributed by atoms with van der Waals surface area (Å²) in [5, 5.41) is 3.30. The molecule has 20 heavy (non-hydrogen) atoms. The Morgan fingerprint density at radius 2 is 1.90 bits per heavy atom. The molecule has 1 aromatic heterocycles. The maximum absolute atomic E-state index is 5.32. The van der Waals surface area contributed by atoms with Crippen molar-refractivity contribution >= 4 is 0 Å². The molecule has 5 heteroatoms. The van der Waals surface area contributed by atoms with Crippen LogP contribution in [-0.4, -0.2) is 31.2 Å². The largest absolute Gasteiger partial charge is 0.480 e. The number of aromatic nitrogens is 2. The number of nitrogens with zero attached hydrogens (tertiary/aromatic N) is 2. The van der Waals surface area contributed by atoms with Gasteiger partial charge in [-0.1, -0.05) is 39.0 Å². The first-order valence-electron chi connectivity index (χ1n) is 7.39. The van der Waals surface area contributed by atoms with Crippen LogP contribution in [0.1, 0.15) is 57.2 Å². The lowest BCUT2D eigenvalue weighted by Crippen LogP contribution is -2.19. The van der Waals surface area contributed by atoms with Crippen molar-refractivity contribution in [3.8, 4) is 11.8 Å². The zero-order valence-corrected chi connectivity index (χ0v) is 13.1. The Morgan fingerprint density at radius 1 is 1.15 bits per heavy atom. The van der Waals surface area contributed by atoms with Crippen molar-refractivity contribution in [2.24, 2.45) is 0 Å². The average Bonchev–Trinajstić information content (AvgIpc) is 2.50. The number of hydrogen-bond acceptors (Lipinski definition) is 5. The summed E-state index contributed by atoms with van der Waals surface area (Å²) in [4.78, 5) is 8.72. The molecule has 0 spiro atoms. The van der Waals surface area contributed by atoms with E-state index in [4.69, 9.17) is 9.47 Å². The monoisotopic (exact) mass is 281 g/mol. The van der Waals surface area contributed by atoms with Gasteiger partial charge in [-0.2, -0.15) is 4.98 Å². The third-order valence-electron chi connectivity index (χ3n) is 3.42. The molecular weight excluding hydrogens is 254 g/mol. The predicted octanol–water partition coefficient (Wildman–Crippen LogP) is 3.11. The summed E-state index contributed by atoms with van der Waals surface area (Å²) >= 11 is 0. The molecule has 1 aromatic rings. The summed E-state index contributed by atoms with van der Waals surface area (Å²) in [6.07, 6.45) is 9.01. The molecule has 0 aromatic carbocycles. The van der Waals surface area contributed by atoms with Gasteiger partial charge in [-0.15, -0.1) is 0 Å². The van der Waals surface area contributed by atoms with E-state index in [2.05, 4.69) is 22.2 Å². The Labute approximate surface area is 122 Å². The van der Waals surface area contributed by atoms with Crippen molar-refractivity contribution in [2.75, 3.05) is 21.3 Å². The molecule has 0 aliphatic rings. The number of nitrogens with one attached hydrogen (secondary N) is 1. The number of ether oxygens (including phenoxy) is 2. The summed E-state index contributed by atoms with van der Waals surface area (Å²) < 4.78 is 10.4. The van der Waals surface area contributed by atoms with Crippen LogP contribution < -0.4 is 14.8 Å². The van der Waals surface area contributed by atoms with Gasteiger partial charge in [0.05, 0.1) is 26.5 Å². The van der Waals surface area contributed by atoms with Crippen molar-refractivity contribution in [2.45, 2.75) is 51.5 Å². The highest BCUT2D eigenvalue weighted by molar-refractivity contribution is 5.25. The summed E-state index contributed by atoms with van der Waals surface area (Å²) in [6, 6.07) is 0.171. The van der Waals surface area contributed by atoms with Gasteiger partial charge in [-0.25, -0.2) is 4.98 Å². The SMILES string of the molecule is CCCCCCCC(NC)c1ncc(OC)nc1OC. The van der Waals surface area contributed by atoms with Gasteiger partial charge in [0.2, 0.25) is 11.8 Å². The fourth-order valence-corrected chi connectivity index (χ4v) is 2.22. The minimum Gasteiger partial charge on any atom is -0.480 e. The molecule has 114 valence electrons. The molecule has 5 nitrogen and oxygen atoms in total. The molecule has 0 radical (unpaired) electrons. The highest BCUT2D eigenvalue weighted by Gasteiger charge is 2.18. The van der Waals surface area contributed by atoms with E-state index in [-0.39, 0.29) is 6.04 Å². The molecule has 1 heterocycles. The van der Waals surface area contributed by atoms with Crippen LogP contribution in [0.3, 0.4) is 0 Å². The van der Waals surface area contributed by atoms with Crippen LogP contribution in [0.4, 0.5) is 0 Å². The van der Waals surface area contributed by atoms with Crippen LogP contribution in [0, 0.1) is 0 Å². The minimum atomic E-state index is 0.171. The molecule has 0 fully saturated rings. The van der Waals surface area contributed by atoms with E-state index >= 15 is 0 Å². The number of methoxy groups -OCH3 is 2. The lowest BCUT2D eigenvalue weighted by molar-refractivity contribution is 0.347. The molecule has 1 atom stereocenters. The Hall–Kier alpha value is -1.36. The molecule has 1 rings (SSSR count). The molecule has 0 aliphatic heterocycles. The van der Waals surface area contributed by atoms with Gasteiger partial charge in [-0.05, 0) is 13.5 Å². The number of unbranched alkanes of at least 4 members (excludes halogenated alkanes) is 4. The van der Waals surface area contributed by atoms with Crippen LogP contribution in [0.25, 0.3) is 0 Å². The fourth-order valence-electron chi connectivity index (χ4n) is 2.22. The molecule has 0 bridgehead atoms. The van der Waals surface area contributed by atoms with Crippen molar-refractivity contribution in [3.05, 3.63) is 11.9 Å². The lowest BCUT2D eigenvalue weighted by atomic mass is 10.0. The number of hydrogen-bond donors (Lipinski definition) is 1. The molecule has 1 N–H and O–H groups in total. The molecule has 0 saturated heterocycles. The smallest absolute Gasteiger partial charge is 0.240 e. The zero-order chi connectivity index (χ0) is 14.8. The minimum absolute atomic E-state index is 0.171. The van der Waals surface area contributed by atoms with Crippen molar-refractivity contribution < 1.29 is 9.47 Å². The summed E-state index contributed by atoms with van der Waals surface area (Å²) in [7, 11) is 5.13. The average molecular weight is 281 g/mol. The van der Waals surface area contributed by atoms with Gasteiger partial charge < -0.3 is 14.8 Å². The van der Waals surface area contributed by atoms with E-state index in [0.29, 0.717) is 11.8 Å².